The van der Waals surface area contributed by atoms with Crippen LogP contribution in [0.15, 0.2) is 0 Å². The largest absolute Gasteiger partial charge is 0.395 e. The van der Waals surface area contributed by atoms with Gasteiger partial charge < -0.3 is 16.2 Å². The topological polar surface area (TPSA) is 58.5 Å². The second-order valence-electron chi connectivity index (χ2n) is 2.86. The van der Waals surface area contributed by atoms with Crippen molar-refractivity contribution in [1.29, 1.82) is 0 Å². The molecule has 3 nitrogen and oxygen atoms in total. The van der Waals surface area contributed by atoms with Gasteiger partial charge in [0.05, 0.1) is 6.61 Å². The second kappa shape index (κ2) is 10.9. The molecule has 0 unspecified atom stereocenters. The Hall–Kier alpha value is -0.120. The van der Waals surface area contributed by atoms with E-state index in [0.29, 0.717) is 6.61 Å². The van der Waals surface area contributed by atoms with Crippen molar-refractivity contribution in [3.63, 3.8) is 0 Å². The van der Waals surface area contributed by atoms with E-state index in [1.54, 1.807) is 0 Å². The summed E-state index contributed by atoms with van der Waals surface area (Å²) in [5.41, 5.74) is 0. The summed E-state index contributed by atoms with van der Waals surface area (Å²) in [4.78, 5) is 2.29. The first-order chi connectivity index (χ1) is 5.35. The molecule has 12 heavy (non-hydrogen) atoms. The molecular formula is C9H24N2O. The minimum absolute atomic E-state index is 0. The van der Waals surface area contributed by atoms with E-state index in [2.05, 4.69) is 18.7 Å². The van der Waals surface area contributed by atoms with Crippen LogP contribution in [0.3, 0.4) is 0 Å². The van der Waals surface area contributed by atoms with Crippen molar-refractivity contribution in [3.05, 3.63) is 0 Å². The molecule has 0 aromatic carbocycles. The average Bonchev–Trinajstić information content (AvgIpc) is 2.03. The Bertz CT molecular complexity index is 78.9. The predicted molar refractivity (Wildman–Crippen MR) is 53.7 cm³/mol. The van der Waals surface area contributed by atoms with E-state index >= 15 is 0 Å². The summed E-state index contributed by atoms with van der Waals surface area (Å²) >= 11 is 0. The predicted octanol–water partition coefficient (Wildman–Crippen LogP) is 1.65. The maximum atomic E-state index is 8.68. The third-order valence-electron chi connectivity index (χ3n) is 1.94. The minimum atomic E-state index is 0. The highest BCUT2D eigenvalue weighted by Gasteiger charge is 1.98. The number of nitrogens with zero attached hydrogens (tertiary/aromatic N) is 1. The Labute approximate surface area is 76.3 Å². The third-order valence-corrected chi connectivity index (χ3v) is 1.94. The molecule has 0 spiro atoms. The fraction of sp³-hybridized carbons (Fsp3) is 1.00. The van der Waals surface area contributed by atoms with Crippen LogP contribution in [0.25, 0.3) is 0 Å². The molecule has 3 heteroatoms. The molecule has 0 aliphatic heterocycles. The SMILES string of the molecule is CCCCCN(CC)CCO.N. The van der Waals surface area contributed by atoms with Gasteiger partial charge in [-0.3, -0.25) is 0 Å². The van der Waals surface area contributed by atoms with Gasteiger partial charge in [-0.15, -0.1) is 0 Å². The highest BCUT2D eigenvalue weighted by atomic mass is 16.3. The lowest BCUT2D eigenvalue weighted by atomic mass is 10.2. The number of aliphatic hydroxyl groups excluding tert-OH is 1. The van der Waals surface area contributed by atoms with Gasteiger partial charge >= 0.3 is 0 Å². The molecule has 0 heterocycles. The number of likely N-dealkylation sites (N-methyl/N-ethyl adjacent to an activating group) is 1. The molecule has 0 fully saturated rings. The summed E-state index contributed by atoms with van der Waals surface area (Å²) < 4.78 is 0. The Morgan fingerprint density at radius 2 is 1.75 bits per heavy atom. The summed E-state index contributed by atoms with van der Waals surface area (Å²) in [5.74, 6) is 0. The number of aliphatic hydroxyl groups is 1. The summed E-state index contributed by atoms with van der Waals surface area (Å²) in [6, 6.07) is 0. The molecule has 0 saturated heterocycles. The van der Waals surface area contributed by atoms with Crippen LogP contribution in [0.1, 0.15) is 33.1 Å². The Morgan fingerprint density at radius 3 is 2.17 bits per heavy atom. The summed E-state index contributed by atoms with van der Waals surface area (Å²) in [6.45, 7) is 7.68. The van der Waals surface area contributed by atoms with Gasteiger partial charge in [-0.05, 0) is 19.5 Å². The number of unbranched alkanes of at least 4 members (excludes halogenated alkanes) is 2. The standard InChI is InChI=1S/C9H21NO.H3N/c1-3-5-6-7-10(4-2)8-9-11;/h11H,3-9H2,1-2H3;1H3. The fourth-order valence-corrected chi connectivity index (χ4v) is 1.15. The molecule has 0 rings (SSSR count). The van der Waals surface area contributed by atoms with Gasteiger partial charge in [0.1, 0.15) is 0 Å². The normalized spacial score (nSPS) is 10.0. The van der Waals surface area contributed by atoms with Gasteiger partial charge in [-0.1, -0.05) is 26.7 Å². The van der Waals surface area contributed by atoms with E-state index in [4.69, 9.17) is 5.11 Å². The molecule has 0 saturated carbocycles. The van der Waals surface area contributed by atoms with Crippen molar-refractivity contribution in [1.82, 2.24) is 11.1 Å². The molecule has 0 aliphatic carbocycles. The van der Waals surface area contributed by atoms with Crippen molar-refractivity contribution in [2.75, 3.05) is 26.2 Å². The lowest BCUT2D eigenvalue weighted by molar-refractivity contribution is 0.199. The zero-order valence-corrected chi connectivity index (χ0v) is 8.55. The molecule has 0 aliphatic rings. The van der Waals surface area contributed by atoms with Crippen LogP contribution in [0.2, 0.25) is 0 Å². The van der Waals surface area contributed by atoms with Gasteiger partial charge in [0.25, 0.3) is 0 Å². The number of rotatable bonds is 7. The highest BCUT2D eigenvalue weighted by Crippen LogP contribution is 1.97. The van der Waals surface area contributed by atoms with E-state index in [-0.39, 0.29) is 6.15 Å². The lowest BCUT2D eigenvalue weighted by Gasteiger charge is -2.18. The van der Waals surface area contributed by atoms with E-state index in [9.17, 15) is 0 Å². The Balaban J connectivity index is 0. The van der Waals surface area contributed by atoms with Crippen molar-refractivity contribution in [3.8, 4) is 0 Å². The molecule has 0 bridgehead atoms. The fourth-order valence-electron chi connectivity index (χ4n) is 1.15. The van der Waals surface area contributed by atoms with Gasteiger partial charge in [0.15, 0.2) is 0 Å². The van der Waals surface area contributed by atoms with Crippen LogP contribution in [0, 0.1) is 0 Å². The molecule has 0 atom stereocenters. The van der Waals surface area contributed by atoms with Crippen LogP contribution < -0.4 is 6.15 Å². The molecule has 0 aromatic heterocycles. The van der Waals surface area contributed by atoms with E-state index < -0.39 is 0 Å². The summed E-state index contributed by atoms with van der Waals surface area (Å²) in [6.07, 6.45) is 3.85. The van der Waals surface area contributed by atoms with Gasteiger partial charge in [-0.2, -0.15) is 0 Å². The second-order valence-corrected chi connectivity index (χ2v) is 2.86. The van der Waals surface area contributed by atoms with E-state index in [0.717, 1.165) is 19.6 Å². The first-order valence-electron chi connectivity index (χ1n) is 4.68. The van der Waals surface area contributed by atoms with Crippen molar-refractivity contribution < 1.29 is 5.11 Å². The molecule has 0 aromatic rings. The lowest BCUT2D eigenvalue weighted by Crippen LogP contribution is -2.27. The smallest absolute Gasteiger partial charge is 0.0558 e. The third kappa shape index (κ3) is 7.98. The van der Waals surface area contributed by atoms with Crippen LogP contribution in [-0.4, -0.2) is 36.2 Å². The molecule has 4 N–H and O–H groups in total. The van der Waals surface area contributed by atoms with Crippen molar-refractivity contribution in [2.24, 2.45) is 0 Å². The monoisotopic (exact) mass is 176 g/mol. The Morgan fingerprint density at radius 1 is 1.08 bits per heavy atom. The molecule has 76 valence electrons. The minimum Gasteiger partial charge on any atom is -0.395 e. The maximum Gasteiger partial charge on any atom is 0.0558 e. The number of hydrogen-bond donors (Lipinski definition) is 2. The van der Waals surface area contributed by atoms with E-state index in [1.807, 2.05) is 0 Å². The zero-order valence-electron chi connectivity index (χ0n) is 8.55. The van der Waals surface area contributed by atoms with Crippen LogP contribution >= 0.6 is 0 Å². The summed E-state index contributed by atoms with van der Waals surface area (Å²) in [7, 11) is 0. The molecule has 0 amide bonds. The average molecular weight is 176 g/mol. The first-order valence-corrected chi connectivity index (χ1v) is 4.68. The summed E-state index contributed by atoms with van der Waals surface area (Å²) in [5, 5.41) is 8.68. The quantitative estimate of drug-likeness (QED) is 0.580. The molecule has 0 radical (unpaired) electrons. The maximum absolute atomic E-state index is 8.68. The zero-order chi connectivity index (χ0) is 8.53. The first kappa shape index (κ1) is 14.4. The highest BCUT2D eigenvalue weighted by molar-refractivity contribution is 4.53. The van der Waals surface area contributed by atoms with Crippen LogP contribution in [0.4, 0.5) is 0 Å². The van der Waals surface area contributed by atoms with E-state index in [1.165, 1.54) is 19.3 Å². The van der Waals surface area contributed by atoms with Gasteiger partial charge in [0, 0.05) is 6.54 Å². The van der Waals surface area contributed by atoms with Crippen molar-refractivity contribution >= 4 is 0 Å². The van der Waals surface area contributed by atoms with Crippen LogP contribution in [0.5, 0.6) is 0 Å². The van der Waals surface area contributed by atoms with Crippen molar-refractivity contribution in [2.45, 2.75) is 33.1 Å². The molecular weight excluding hydrogens is 152 g/mol. The van der Waals surface area contributed by atoms with Crippen LogP contribution in [-0.2, 0) is 0 Å². The van der Waals surface area contributed by atoms with Gasteiger partial charge in [-0.25, -0.2) is 0 Å². The Kier molecular flexibility index (Phi) is 13.1. The number of hydrogen-bond acceptors (Lipinski definition) is 3. The van der Waals surface area contributed by atoms with Gasteiger partial charge in [0.2, 0.25) is 0 Å².